The van der Waals surface area contributed by atoms with E-state index in [0.717, 1.165) is 5.75 Å². The molecule has 0 aliphatic heterocycles. The Bertz CT molecular complexity index is 318. The van der Waals surface area contributed by atoms with Crippen molar-refractivity contribution >= 4 is 11.6 Å². The Morgan fingerprint density at radius 1 is 1.23 bits per heavy atom. The first-order valence-electron chi connectivity index (χ1n) is 4.31. The smallest absolute Gasteiger partial charge is 0.122 e. The molecule has 72 valence electrons. The summed E-state index contributed by atoms with van der Waals surface area (Å²) in [4.78, 5) is 0. The molecule has 0 N–H and O–H groups in total. The second-order valence-electron chi connectivity index (χ2n) is 3.26. The first kappa shape index (κ1) is 10.4. The number of methoxy groups -OCH3 is 1. The molecule has 0 radical (unpaired) electrons. The van der Waals surface area contributed by atoms with Gasteiger partial charge in [-0.25, -0.2) is 0 Å². The van der Waals surface area contributed by atoms with Gasteiger partial charge in [-0.1, -0.05) is 0 Å². The number of aryl methyl sites for hydroxylation is 1. The van der Waals surface area contributed by atoms with Crippen LogP contribution < -0.4 is 4.74 Å². The zero-order chi connectivity index (χ0) is 10.0. The van der Waals surface area contributed by atoms with Crippen molar-refractivity contribution in [1.29, 1.82) is 0 Å². The number of hydrogen-bond donors (Lipinski definition) is 0. The molecule has 0 saturated carbocycles. The zero-order valence-electron chi connectivity index (χ0n) is 8.57. The number of hydrogen-bond acceptors (Lipinski definition) is 1. The molecule has 0 fully saturated rings. The van der Waals surface area contributed by atoms with Crippen molar-refractivity contribution in [3.8, 4) is 5.75 Å². The topological polar surface area (TPSA) is 9.23 Å². The summed E-state index contributed by atoms with van der Waals surface area (Å²) >= 11 is 5.86. The largest absolute Gasteiger partial charge is 0.496 e. The number of benzene rings is 1. The Morgan fingerprint density at radius 2 is 1.85 bits per heavy atom. The molecule has 13 heavy (non-hydrogen) atoms. The molecular formula is C11H15ClO. The average molecular weight is 199 g/mol. The summed E-state index contributed by atoms with van der Waals surface area (Å²) in [6.45, 7) is 6.21. The molecule has 1 aromatic rings. The summed E-state index contributed by atoms with van der Waals surface area (Å²) in [7, 11) is 1.70. The summed E-state index contributed by atoms with van der Waals surface area (Å²) in [6, 6.07) is 2.04. The third-order valence-corrected chi connectivity index (χ3v) is 2.83. The predicted octanol–water partition coefficient (Wildman–Crippen LogP) is 3.36. The first-order chi connectivity index (χ1) is 6.11. The van der Waals surface area contributed by atoms with Gasteiger partial charge < -0.3 is 4.74 Å². The molecule has 0 bridgehead atoms. The lowest BCUT2D eigenvalue weighted by atomic mass is 9.99. The molecular weight excluding hydrogens is 184 g/mol. The van der Waals surface area contributed by atoms with Crippen molar-refractivity contribution < 1.29 is 4.74 Å². The van der Waals surface area contributed by atoms with Gasteiger partial charge in [0.1, 0.15) is 5.75 Å². The number of alkyl halides is 1. The van der Waals surface area contributed by atoms with E-state index >= 15 is 0 Å². The monoisotopic (exact) mass is 198 g/mol. The van der Waals surface area contributed by atoms with E-state index in [2.05, 4.69) is 20.8 Å². The van der Waals surface area contributed by atoms with E-state index in [-0.39, 0.29) is 0 Å². The molecule has 1 rings (SSSR count). The van der Waals surface area contributed by atoms with E-state index in [1.165, 1.54) is 22.3 Å². The van der Waals surface area contributed by atoms with Crippen LogP contribution in [0.2, 0.25) is 0 Å². The van der Waals surface area contributed by atoms with Crippen LogP contribution in [0, 0.1) is 20.8 Å². The Morgan fingerprint density at radius 3 is 2.31 bits per heavy atom. The van der Waals surface area contributed by atoms with Gasteiger partial charge in [0.05, 0.1) is 7.11 Å². The van der Waals surface area contributed by atoms with Crippen LogP contribution in [0.4, 0.5) is 0 Å². The Balaban J connectivity index is 3.37. The van der Waals surface area contributed by atoms with Crippen LogP contribution in [0.1, 0.15) is 22.3 Å². The van der Waals surface area contributed by atoms with E-state index < -0.39 is 0 Å². The minimum Gasteiger partial charge on any atom is -0.496 e. The Labute approximate surface area is 84.7 Å². The summed E-state index contributed by atoms with van der Waals surface area (Å²) < 4.78 is 5.26. The van der Waals surface area contributed by atoms with Crippen LogP contribution in [-0.2, 0) is 5.88 Å². The van der Waals surface area contributed by atoms with E-state index in [1.54, 1.807) is 7.11 Å². The maximum atomic E-state index is 5.86. The van der Waals surface area contributed by atoms with Gasteiger partial charge in [0.25, 0.3) is 0 Å². The quantitative estimate of drug-likeness (QED) is 0.663. The number of halogens is 1. The average Bonchev–Trinajstić information content (AvgIpc) is 2.12. The minimum atomic E-state index is 0.572. The van der Waals surface area contributed by atoms with Gasteiger partial charge in [-0.3, -0.25) is 0 Å². The molecule has 1 nitrogen and oxygen atoms in total. The fourth-order valence-corrected chi connectivity index (χ4v) is 1.93. The summed E-state index contributed by atoms with van der Waals surface area (Å²) in [5.41, 5.74) is 4.85. The molecule has 0 aliphatic rings. The molecule has 0 atom stereocenters. The SMILES string of the molecule is COc1cc(C)c(CCl)c(C)c1C. The fraction of sp³-hybridized carbons (Fsp3) is 0.455. The highest BCUT2D eigenvalue weighted by Crippen LogP contribution is 2.28. The van der Waals surface area contributed by atoms with Crippen LogP contribution >= 0.6 is 11.6 Å². The molecule has 0 aliphatic carbocycles. The lowest BCUT2D eigenvalue weighted by molar-refractivity contribution is 0.411. The standard InChI is InChI=1S/C11H15ClO/c1-7-5-11(13-4)9(3)8(2)10(7)6-12/h5H,6H2,1-4H3. The predicted molar refractivity (Wildman–Crippen MR) is 56.8 cm³/mol. The molecule has 0 spiro atoms. The zero-order valence-corrected chi connectivity index (χ0v) is 9.33. The van der Waals surface area contributed by atoms with Crippen molar-refractivity contribution in [2.24, 2.45) is 0 Å². The van der Waals surface area contributed by atoms with Crippen LogP contribution in [-0.4, -0.2) is 7.11 Å². The van der Waals surface area contributed by atoms with Gasteiger partial charge in [-0.15, -0.1) is 11.6 Å². The summed E-state index contributed by atoms with van der Waals surface area (Å²) in [5.74, 6) is 1.52. The molecule has 0 amide bonds. The van der Waals surface area contributed by atoms with Gasteiger partial charge in [0.2, 0.25) is 0 Å². The molecule has 1 aromatic carbocycles. The van der Waals surface area contributed by atoms with Gasteiger partial charge in [0.15, 0.2) is 0 Å². The molecule has 0 aromatic heterocycles. The van der Waals surface area contributed by atoms with Gasteiger partial charge in [0, 0.05) is 5.88 Å². The van der Waals surface area contributed by atoms with Crippen molar-refractivity contribution in [2.45, 2.75) is 26.7 Å². The van der Waals surface area contributed by atoms with E-state index in [0.29, 0.717) is 5.88 Å². The lowest BCUT2D eigenvalue weighted by Crippen LogP contribution is -1.97. The highest BCUT2D eigenvalue weighted by atomic mass is 35.5. The first-order valence-corrected chi connectivity index (χ1v) is 4.85. The fourth-order valence-electron chi connectivity index (χ4n) is 1.52. The molecule has 0 heterocycles. The van der Waals surface area contributed by atoms with Crippen molar-refractivity contribution in [1.82, 2.24) is 0 Å². The maximum Gasteiger partial charge on any atom is 0.122 e. The van der Waals surface area contributed by atoms with E-state index in [9.17, 15) is 0 Å². The number of rotatable bonds is 2. The second-order valence-corrected chi connectivity index (χ2v) is 3.53. The second kappa shape index (κ2) is 4.01. The van der Waals surface area contributed by atoms with Crippen molar-refractivity contribution in [3.63, 3.8) is 0 Å². The van der Waals surface area contributed by atoms with E-state index in [4.69, 9.17) is 16.3 Å². The molecule has 2 heteroatoms. The normalized spacial score (nSPS) is 10.2. The van der Waals surface area contributed by atoms with Crippen LogP contribution in [0.15, 0.2) is 6.07 Å². The molecule has 0 unspecified atom stereocenters. The van der Waals surface area contributed by atoms with Gasteiger partial charge in [-0.2, -0.15) is 0 Å². The van der Waals surface area contributed by atoms with Gasteiger partial charge in [-0.05, 0) is 49.1 Å². The third-order valence-electron chi connectivity index (χ3n) is 2.56. The molecule has 0 saturated heterocycles. The van der Waals surface area contributed by atoms with Crippen LogP contribution in [0.3, 0.4) is 0 Å². The Hall–Kier alpha value is -0.690. The van der Waals surface area contributed by atoms with Gasteiger partial charge >= 0.3 is 0 Å². The van der Waals surface area contributed by atoms with E-state index in [1.807, 2.05) is 6.07 Å². The lowest BCUT2D eigenvalue weighted by Gasteiger charge is -2.13. The summed E-state index contributed by atoms with van der Waals surface area (Å²) in [5, 5.41) is 0. The van der Waals surface area contributed by atoms with Crippen molar-refractivity contribution in [2.75, 3.05) is 7.11 Å². The highest BCUT2D eigenvalue weighted by molar-refractivity contribution is 6.17. The third kappa shape index (κ3) is 1.80. The Kier molecular flexibility index (Phi) is 3.21. The highest BCUT2D eigenvalue weighted by Gasteiger charge is 2.08. The van der Waals surface area contributed by atoms with Crippen LogP contribution in [0.5, 0.6) is 5.75 Å². The maximum absolute atomic E-state index is 5.86. The van der Waals surface area contributed by atoms with Crippen molar-refractivity contribution in [3.05, 3.63) is 28.3 Å². The summed E-state index contributed by atoms with van der Waals surface area (Å²) in [6.07, 6.45) is 0. The minimum absolute atomic E-state index is 0.572. The van der Waals surface area contributed by atoms with Crippen LogP contribution in [0.25, 0.3) is 0 Å². The number of ether oxygens (including phenoxy) is 1.